The topological polar surface area (TPSA) is 33.3 Å². The van der Waals surface area contributed by atoms with Crippen LogP contribution in [-0.4, -0.2) is 19.6 Å². The van der Waals surface area contributed by atoms with Crippen LogP contribution in [0.2, 0.25) is 10.0 Å². The summed E-state index contributed by atoms with van der Waals surface area (Å²) in [5, 5.41) is 8.22. The average Bonchev–Trinajstić information content (AvgIpc) is 2.63. The molecular formula is C20H24Cl2N2O. The summed E-state index contributed by atoms with van der Waals surface area (Å²) >= 11 is 12.3. The Morgan fingerprint density at radius 3 is 2.36 bits per heavy atom. The number of halogens is 2. The van der Waals surface area contributed by atoms with E-state index in [0.29, 0.717) is 16.7 Å². The molecule has 0 radical (unpaired) electrons. The third-order valence-corrected chi connectivity index (χ3v) is 5.30. The van der Waals surface area contributed by atoms with Crippen LogP contribution >= 0.6 is 23.2 Å². The molecule has 1 aliphatic heterocycles. The number of benzene rings is 2. The molecule has 1 heterocycles. The molecule has 0 aromatic heterocycles. The highest BCUT2D eigenvalue weighted by Crippen LogP contribution is 2.26. The fourth-order valence-corrected chi connectivity index (χ4v) is 3.54. The molecule has 3 rings (SSSR count). The van der Waals surface area contributed by atoms with E-state index in [1.165, 1.54) is 18.4 Å². The number of piperidine rings is 1. The van der Waals surface area contributed by atoms with Crippen LogP contribution in [0, 0.1) is 5.92 Å². The van der Waals surface area contributed by atoms with Crippen molar-refractivity contribution < 1.29 is 4.74 Å². The predicted molar refractivity (Wildman–Crippen MR) is 105 cm³/mol. The lowest BCUT2D eigenvalue weighted by atomic mass is 9.98. The summed E-state index contributed by atoms with van der Waals surface area (Å²) in [6.07, 6.45) is 2.54. The third kappa shape index (κ3) is 5.61. The summed E-state index contributed by atoms with van der Waals surface area (Å²) in [5.74, 6) is 1.61. The molecular weight excluding hydrogens is 355 g/mol. The second kappa shape index (κ2) is 9.44. The maximum absolute atomic E-state index is 6.17. The van der Waals surface area contributed by atoms with Crippen LogP contribution in [0.4, 0.5) is 0 Å². The normalized spacial score (nSPS) is 15.3. The van der Waals surface area contributed by atoms with Gasteiger partial charge in [-0.2, -0.15) is 0 Å². The molecule has 0 bridgehead atoms. The van der Waals surface area contributed by atoms with Crippen molar-refractivity contribution >= 4 is 23.2 Å². The summed E-state index contributed by atoms with van der Waals surface area (Å²) in [7, 11) is 0. The van der Waals surface area contributed by atoms with Gasteiger partial charge >= 0.3 is 0 Å². The van der Waals surface area contributed by atoms with E-state index in [0.717, 1.165) is 43.4 Å². The van der Waals surface area contributed by atoms with Gasteiger partial charge in [0.1, 0.15) is 12.4 Å². The Kier molecular flexibility index (Phi) is 7.00. The van der Waals surface area contributed by atoms with Gasteiger partial charge in [-0.05, 0) is 68.2 Å². The van der Waals surface area contributed by atoms with Crippen molar-refractivity contribution in [3.63, 3.8) is 0 Å². The first-order valence-corrected chi connectivity index (χ1v) is 9.54. The monoisotopic (exact) mass is 378 g/mol. The van der Waals surface area contributed by atoms with Gasteiger partial charge < -0.3 is 15.4 Å². The molecule has 5 heteroatoms. The van der Waals surface area contributed by atoms with Crippen molar-refractivity contribution in [1.82, 2.24) is 10.6 Å². The van der Waals surface area contributed by atoms with Crippen LogP contribution in [-0.2, 0) is 13.2 Å². The minimum Gasteiger partial charge on any atom is -0.489 e. The van der Waals surface area contributed by atoms with Gasteiger partial charge in [0.2, 0.25) is 0 Å². The van der Waals surface area contributed by atoms with E-state index in [1.54, 1.807) is 0 Å². The smallest absolute Gasteiger partial charge is 0.119 e. The van der Waals surface area contributed by atoms with Crippen LogP contribution in [0.25, 0.3) is 0 Å². The second-order valence-electron chi connectivity index (χ2n) is 6.46. The Morgan fingerprint density at radius 1 is 1.00 bits per heavy atom. The van der Waals surface area contributed by atoms with Gasteiger partial charge in [-0.3, -0.25) is 0 Å². The van der Waals surface area contributed by atoms with Gasteiger partial charge in [0.05, 0.1) is 0 Å². The number of nitrogens with one attached hydrogen (secondary N) is 2. The lowest BCUT2D eigenvalue weighted by Crippen LogP contribution is -2.33. The van der Waals surface area contributed by atoms with Gasteiger partial charge in [0.25, 0.3) is 0 Å². The summed E-state index contributed by atoms with van der Waals surface area (Å²) < 4.78 is 5.81. The SMILES string of the molecule is Clc1cccc(Cl)c1COc1ccc(CNCC2CCNCC2)cc1. The first-order chi connectivity index (χ1) is 12.2. The van der Waals surface area contributed by atoms with E-state index in [4.69, 9.17) is 27.9 Å². The van der Waals surface area contributed by atoms with Gasteiger partial charge in [-0.25, -0.2) is 0 Å². The fraction of sp³-hybridized carbons (Fsp3) is 0.400. The quantitative estimate of drug-likeness (QED) is 0.734. The highest BCUT2D eigenvalue weighted by Gasteiger charge is 2.12. The van der Waals surface area contributed by atoms with Crippen LogP contribution in [0.5, 0.6) is 5.75 Å². The van der Waals surface area contributed by atoms with E-state index in [2.05, 4.69) is 22.8 Å². The molecule has 0 amide bonds. The Hall–Kier alpha value is -1.26. The van der Waals surface area contributed by atoms with Crippen LogP contribution in [0.3, 0.4) is 0 Å². The maximum Gasteiger partial charge on any atom is 0.119 e. The van der Waals surface area contributed by atoms with Crippen molar-refractivity contribution in [2.24, 2.45) is 5.92 Å². The highest BCUT2D eigenvalue weighted by molar-refractivity contribution is 6.35. The molecule has 0 saturated carbocycles. The van der Waals surface area contributed by atoms with E-state index in [9.17, 15) is 0 Å². The zero-order chi connectivity index (χ0) is 17.5. The Bertz CT molecular complexity index is 650. The molecule has 0 atom stereocenters. The van der Waals surface area contributed by atoms with E-state index in [1.807, 2.05) is 30.3 Å². The van der Waals surface area contributed by atoms with Gasteiger partial charge in [0, 0.05) is 22.2 Å². The number of ether oxygens (including phenoxy) is 1. The number of hydrogen-bond acceptors (Lipinski definition) is 3. The summed E-state index contributed by atoms with van der Waals surface area (Å²) in [5.41, 5.74) is 2.08. The van der Waals surface area contributed by atoms with Crippen molar-refractivity contribution in [1.29, 1.82) is 0 Å². The third-order valence-electron chi connectivity index (χ3n) is 4.59. The van der Waals surface area contributed by atoms with Crippen molar-refractivity contribution in [2.45, 2.75) is 26.0 Å². The number of rotatable bonds is 7. The second-order valence-corrected chi connectivity index (χ2v) is 7.27. The highest BCUT2D eigenvalue weighted by atomic mass is 35.5. The number of hydrogen-bond donors (Lipinski definition) is 2. The molecule has 0 spiro atoms. The summed E-state index contributed by atoms with van der Waals surface area (Å²) in [4.78, 5) is 0. The molecule has 2 aromatic carbocycles. The van der Waals surface area contributed by atoms with Gasteiger partial charge in [-0.15, -0.1) is 0 Å². The predicted octanol–water partition coefficient (Wildman–Crippen LogP) is 4.66. The molecule has 134 valence electrons. The molecule has 3 nitrogen and oxygen atoms in total. The molecule has 1 aliphatic rings. The van der Waals surface area contributed by atoms with Crippen LogP contribution < -0.4 is 15.4 Å². The van der Waals surface area contributed by atoms with E-state index in [-0.39, 0.29) is 0 Å². The lowest BCUT2D eigenvalue weighted by molar-refractivity contribution is 0.306. The van der Waals surface area contributed by atoms with E-state index >= 15 is 0 Å². The average molecular weight is 379 g/mol. The zero-order valence-corrected chi connectivity index (χ0v) is 15.7. The van der Waals surface area contributed by atoms with Crippen LogP contribution in [0.15, 0.2) is 42.5 Å². The standard InChI is InChI=1S/C20H24Cl2N2O/c21-19-2-1-3-20(22)18(19)14-25-17-6-4-15(5-7-17)12-24-13-16-8-10-23-11-9-16/h1-7,16,23-24H,8-14H2. The first-order valence-electron chi connectivity index (χ1n) is 8.78. The van der Waals surface area contributed by atoms with E-state index < -0.39 is 0 Å². The zero-order valence-electron chi connectivity index (χ0n) is 14.2. The summed E-state index contributed by atoms with van der Waals surface area (Å²) in [6, 6.07) is 13.7. The fourth-order valence-electron chi connectivity index (χ4n) is 3.04. The van der Waals surface area contributed by atoms with Crippen molar-refractivity contribution in [3.05, 3.63) is 63.6 Å². The summed E-state index contributed by atoms with van der Waals surface area (Å²) in [6.45, 7) is 4.64. The molecule has 0 aliphatic carbocycles. The van der Waals surface area contributed by atoms with Crippen LogP contribution in [0.1, 0.15) is 24.0 Å². The molecule has 2 aromatic rings. The molecule has 1 saturated heterocycles. The Labute approximate surface area is 159 Å². The van der Waals surface area contributed by atoms with Crippen molar-refractivity contribution in [2.75, 3.05) is 19.6 Å². The maximum atomic E-state index is 6.17. The van der Waals surface area contributed by atoms with Gasteiger partial charge in [0.15, 0.2) is 0 Å². The largest absolute Gasteiger partial charge is 0.489 e. The molecule has 25 heavy (non-hydrogen) atoms. The molecule has 1 fully saturated rings. The molecule has 0 unspecified atom stereocenters. The lowest BCUT2D eigenvalue weighted by Gasteiger charge is -2.22. The molecule has 2 N–H and O–H groups in total. The van der Waals surface area contributed by atoms with Gasteiger partial charge in [-0.1, -0.05) is 41.4 Å². The van der Waals surface area contributed by atoms with Crippen molar-refractivity contribution in [3.8, 4) is 5.75 Å². The Morgan fingerprint density at radius 2 is 1.68 bits per heavy atom. The minimum atomic E-state index is 0.367. The Balaban J connectivity index is 1.45. The minimum absolute atomic E-state index is 0.367. The first kappa shape index (κ1) is 18.5.